The second-order valence-electron chi connectivity index (χ2n) is 4.25. The molecule has 0 saturated heterocycles. The van der Waals surface area contributed by atoms with Gasteiger partial charge in [0.15, 0.2) is 0 Å². The number of benzene rings is 1. The number of pyridine rings is 1. The van der Waals surface area contributed by atoms with Crippen LogP contribution < -0.4 is 10.5 Å². The van der Waals surface area contributed by atoms with Crippen molar-refractivity contribution < 1.29 is 4.74 Å². The van der Waals surface area contributed by atoms with Crippen molar-refractivity contribution in [1.29, 1.82) is 0 Å². The molecule has 0 radical (unpaired) electrons. The first-order valence-electron chi connectivity index (χ1n) is 6.26. The number of anilines is 1. The minimum atomic E-state index is 0.525. The molecule has 1 heterocycles. The lowest BCUT2D eigenvalue weighted by Gasteiger charge is -2.08. The summed E-state index contributed by atoms with van der Waals surface area (Å²) in [6.07, 6.45) is 0. The van der Waals surface area contributed by atoms with Crippen molar-refractivity contribution >= 4 is 17.4 Å². The molecule has 0 spiro atoms. The lowest BCUT2D eigenvalue weighted by atomic mass is 10.2. The summed E-state index contributed by atoms with van der Waals surface area (Å²) in [5.41, 5.74) is 8.96. The van der Waals surface area contributed by atoms with E-state index in [0.29, 0.717) is 18.2 Å². The average molecular weight is 274 g/mol. The van der Waals surface area contributed by atoms with Gasteiger partial charge in [-0.25, -0.2) is 4.98 Å². The third-order valence-electron chi connectivity index (χ3n) is 2.61. The molecule has 0 aliphatic carbocycles. The maximum atomic E-state index is 5.81. The largest absolute Gasteiger partial charge is 0.476 e. The Morgan fingerprint density at radius 2 is 2.11 bits per heavy atom. The Kier molecular flexibility index (Phi) is 4.68. The average Bonchev–Trinajstić information content (AvgIpc) is 2.40. The van der Waals surface area contributed by atoms with Gasteiger partial charge in [-0.2, -0.15) is 0 Å². The third kappa shape index (κ3) is 3.89. The molecule has 100 valence electrons. The Morgan fingerprint density at radius 1 is 1.26 bits per heavy atom. The highest BCUT2D eigenvalue weighted by Crippen LogP contribution is 2.26. The van der Waals surface area contributed by atoms with Crippen LogP contribution in [-0.2, 0) is 5.75 Å². The van der Waals surface area contributed by atoms with Gasteiger partial charge in [0.25, 0.3) is 0 Å². The number of thioether (sulfide) groups is 1. The summed E-state index contributed by atoms with van der Waals surface area (Å²) >= 11 is 1.68. The molecule has 1 aromatic heterocycles. The molecule has 0 amide bonds. The maximum Gasteiger partial charge on any atom is 0.238 e. The van der Waals surface area contributed by atoms with E-state index in [2.05, 4.69) is 36.2 Å². The molecule has 0 bridgehead atoms. The number of ether oxygens (including phenoxy) is 1. The molecule has 1 aromatic carbocycles. The zero-order valence-corrected chi connectivity index (χ0v) is 12.0. The Balaban J connectivity index is 2.05. The predicted molar refractivity (Wildman–Crippen MR) is 80.6 cm³/mol. The van der Waals surface area contributed by atoms with Crippen LogP contribution in [0.15, 0.2) is 41.4 Å². The molecule has 0 aliphatic heterocycles. The van der Waals surface area contributed by atoms with Gasteiger partial charge in [-0.1, -0.05) is 29.8 Å². The lowest BCUT2D eigenvalue weighted by molar-refractivity contribution is 0.326. The highest BCUT2D eigenvalue weighted by atomic mass is 32.2. The van der Waals surface area contributed by atoms with Crippen LogP contribution in [0.4, 0.5) is 5.69 Å². The molecule has 4 heteroatoms. The van der Waals surface area contributed by atoms with E-state index < -0.39 is 0 Å². The second kappa shape index (κ2) is 6.48. The van der Waals surface area contributed by atoms with Crippen LogP contribution in [0, 0.1) is 6.92 Å². The van der Waals surface area contributed by atoms with Gasteiger partial charge in [0, 0.05) is 5.75 Å². The van der Waals surface area contributed by atoms with Gasteiger partial charge >= 0.3 is 0 Å². The van der Waals surface area contributed by atoms with Crippen molar-refractivity contribution in [2.45, 2.75) is 24.6 Å². The van der Waals surface area contributed by atoms with Crippen molar-refractivity contribution in [1.82, 2.24) is 4.98 Å². The zero-order valence-electron chi connectivity index (χ0n) is 11.2. The van der Waals surface area contributed by atoms with Gasteiger partial charge < -0.3 is 10.5 Å². The molecule has 2 aromatic rings. The van der Waals surface area contributed by atoms with Crippen molar-refractivity contribution in [3.05, 3.63) is 47.5 Å². The van der Waals surface area contributed by atoms with Gasteiger partial charge in [0.2, 0.25) is 5.88 Å². The number of hydrogen-bond donors (Lipinski definition) is 1. The summed E-state index contributed by atoms with van der Waals surface area (Å²) in [6.45, 7) is 4.60. The van der Waals surface area contributed by atoms with E-state index in [-0.39, 0.29) is 0 Å². The summed E-state index contributed by atoms with van der Waals surface area (Å²) in [4.78, 5) is 4.42. The summed E-state index contributed by atoms with van der Waals surface area (Å²) in [5, 5.41) is 0.930. The molecule has 0 aliphatic rings. The first-order chi connectivity index (χ1) is 9.19. The molecular weight excluding hydrogens is 256 g/mol. The first kappa shape index (κ1) is 13.7. The molecule has 0 unspecified atom stereocenters. The van der Waals surface area contributed by atoms with Crippen molar-refractivity contribution in [2.75, 3.05) is 12.3 Å². The van der Waals surface area contributed by atoms with Crippen LogP contribution in [0.1, 0.15) is 18.1 Å². The highest BCUT2D eigenvalue weighted by molar-refractivity contribution is 7.98. The number of nitrogen functional groups attached to an aromatic ring is 1. The third-order valence-corrected chi connectivity index (χ3v) is 3.62. The van der Waals surface area contributed by atoms with Crippen LogP contribution in [-0.4, -0.2) is 11.6 Å². The molecule has 0 fully saturated rings. The van der Waals surface area contributed by atoms with Crippen LogP contribution in [0.2, 0.25) is 0 Å². The molecular formula is C15H18N2OS. The Morgan fingerprint density at radius 3 is 2.84 bits per heavy atom. The van der Waals surface area contributed by atoms with E-state index >= 15 is 0 Å². The molecule has 0 saturated carbocycles. The fraction of sp³-hybridized carbons (Fsp3) is 0.267. The summed E-state index contributed by atoms with van der Waals surface area (Å²) in [7, 11) is 0. The van der Waals surface area contributed by atoms with E-state index in [0.717, 1.165) is 10.8 Å². The van der Waals surface area contributed by atoms with E-state index in [4.69, 9.17) is 10.5 Å². The number of rotatable bonds is 5. The van der Waals surface area contributed by atoms with Crippen LogP contribution in [0.3, 0.4) is 0 Å². The van der Waals surface area contributed by atoms with Crippen LogP contribution in [0.25, 0.3) is 0 Å². The van der Waals surface area contributed by atoms with Crippen LogP contribution >= 0.6 is 11.8 Å². The van der Waals surface area contributed by atoms with Gasteiger partial charge in [0.1, 0.15) is 5.03 Å². The SMILES string of the molecule is CCOc1nc(SCc2cccc(C)c2)ccc1N. The Labute approximate surface area is 118 Å². The van der Waals surface area contributed by atoms with Gasteiger partial charge in [0.05, 0.1) is 12.3 Å². The smallest absolute Gasteiger partial charge is 0.238 e. The predicted octanol–water partition coefficient (Wildman–Crippen LogP) is 3.66. The molecule has 19 heavy (non-hydrogen) atoms. The fourth-order valence-corrected chi connectivity index (χ4v) is 2.53. The number of aryl methyl sites for hydroxylation is 1. The lowest BCUT2D eigenvalue weighted by Crippen LogP contribution is -1.99. The minimum absolute atomic E-state index is 0.525. The monoisotopic (exact) mass is 274 g/mol. The molecule has 3 nitrogen and oxygen atoms in total. The zero-order chi connectivity index (χ0) is 13.7. The quantitative estimate of drug-likeness (QED) is 0.845. The number of aromatic nitrogens is 1. The van der Waals surface area contributed by atoms with Crippen molar-refractivity contribution in [3.63, 3.8) is 0 Å². The normalized spacial score (nSPS) is 10.4. The van der Waals surface area contributed by atoms with Gasteiger partial charge in [-0.15, -0.1) is 11.8 Å². The number of hydrogen-bond acceptors (Lipinski definition) is 4. The van der Waals surface area contributed by atoms with Crippen molar-refractivity contribution in [2.24, 2.45) is 0 Å². The molecule has 0 atom stereocenters. The first-order valence-corrected chi connectivity index (χ1v) is 7.25. The molecule has 2 rings (SSSR count). The number of nitrogens with zero attached hydrogens (tertiary/aromatic N) is 1. The summed E-state index contributed by atoms with van der Waals surface area (Å²) in [6, 6.07) is 12.3. The number of nitrogens with two attached hydrogens (primary N) is 1. The van der Waals surface area contributed by atoms with Gasteiger partial charge in [-0.05, 0) is 31.5 Å². The Hall–Kier alpha value is -1.68. The molecule has 2 N–H and O–H groups in total. The van der Waals surface area contributed by atoms with E-state index in [1.807, 2.05) is 19.1 Å². The minimum Gasteiger partial charge on any atom is -0.476 e. The van der Waals surface area contributed by atoms with E-state index in [9.17, 15) is 0 Å². The van der Waals surface area contributed by atoms with Gasteiger partial charge in [-0.3, -0.25) is 0 Å². The fourth-order valence-electron chi connectivity index (χ4n) is 1.73. The summed E-state index contributed by atoms with van der Waals surface area (Å²) in [5.74, 6) is 1.42. The second-order valence-corrected chi connectivity index (χ2v) is 5.25. The standard InChI is InChI=1S/C15H18N2OS/c1-3-18-15-13(16)7-8-14(17-15)19-10-12-6-4-5-11(2)9-12/h4-9H,3,10,16H2,1-2H3. The van der Waals surface area contributed by atoms with Crippen molar-refractivity contribution in [3.8, 4) is 5.88 Å². The van der Waals surface area contributed by atoms with Crippen LogP contribution in [0.5, 0.6) is 5.88 Å². The van der Waals surface area contributed by atoms with E-state index in [1.165, 1.54) is 11.1 Å². The highest BCUT2D eigenvalue weighted by Gasteiger charge is 2.04. The maximum absolute atomic E-state index is 5.81. The topological polar surface area (TPSA) is 48.1 Å². The Bertz CT molecular complexity index is 558. The van der Waals surface area contributed by atoms with E-state index in [1.54, 1.807) is 11.8 Å². The summed E-state index contributed by atoms with van der Waals surface area (Å²) < 4.78 is 5.40.